The van der Waals surface area contributed by atoms with Crippen LogP contribution < -0.4 is 5.32 Å². The van der Waals surface area contributed by atoms with Gasteiger partial charge in [0.15, 0.2) is 0 Å². The second-order valence-electron chi connectivity index (χ2n) is 4.37. The van der Waals surface area contributed by atoms with Crippen molar-refractivity contribution in [2.45, 2.75) is 31.7 Å². The summed E-state index contributed by atoms with van der Waals surface area (Å²) in [7, 11) is 0. The zero-order chi connectivity index (χ0) is 12.3. The van der Waals surface area contributed by atoms with Gasteiger partial charge in [-0.05, 0) is 30.7 Å². The minimum Gasteiger partial charge on any atom is -0.481 e. The molecule has 0 aromatic carbocycles. The van der Waals surface area contributed by atoms with Gasteiger partial charge in [0.05, 0.1) is 12.3 Å². The van der Waals surface area contributed by atoms with E-state index in [4.69, 9.17) is 5.11 Å². The largest absolute Gasteiger partial charge is 0.481 e. The van der Waals surface area contributed by atoms with Crippen molar-refractivity contribution < 1.29 is 14.7 Å². The Morgan fingerprint density at radius 1 is 1.47 bits per heavy atom. The van der Waals surface area contributed by atoms with E-state index < -0.39 is 5.97 Å². The molecule has 4 nitrogen and oxygen atoms in total. The highest BCUT2D eigenvalue weighted by atomic mass is 32.1. The summed E-state index contributed by atoms with van der Waals surface area (Å²) < 4.78 is 0. The first kappa shape index (κ1) is 12.1. The molecule has 0 radical (unpaired) electrons. The molecule has 0 aliphatic heterocycles. The lowest BCUT2D eigenvalue weighted by atomic mass is 10.1. The van der Waals surface area contributed by atoms with Gasteiger partial charge in [-0.25, -0.2) is 0 Å². The number of amides is 1. The van der Waals surface area contributed by atoms with Gasteiger partial charge >= 0.3 is 5.97 Å². The van der Waals surface area contributed by atoms with Crippen LogP contribution in [-0.2, 0) is 16.0 Å². The molecule has 92 valence electrons. The lowest BCUT2D eigenvalue weighted by molar-refractivity contribution is -0.141. The number of aliphatic carboxylic acids is 1. The predicted molar refractivity (Wildman–Crippen MR) is 64.9 cm³/mol. The summed E-state index contributed by atoms with van der Waals surface area (Å²) in [6.45, 7) is 0. The smallest absolute Gasteiger partial charge is 0.306 e. The highest BCUT2D eigenvalue weighted by molar-refractivity contribution is 7.10. The molecule has 0 saturated heterocycles. The van der Waals surface area contributed by atoms with Crippen molar-refractivity contribution in [2.75, 3.05) is 0 Å². The van der Waals surface area contributed by atoms with E-state index in [1.165, 1.54) is 0 Å². The van der Waals surface area contributed by atoms with E-state index in [0.717, 1.165) is 11.3 Å². The van der Waals surface area contributed by atoms with Gasteiger partial charge < -0.3 is 10.4 Å². The number of thiophene rings is 1. The van der Waals surface area contributed by atoms with Gasteiger partial charge in [-0.1, -0.05) is 6.07 Å². The first-order valence-corrected chi connectivity index (χ1v) is 6.57. The van der Waals surface area contributed by atoms with Crippen molar-refractivity contribution in [3.05, 3.63) is 22.4 Å². The van der Waals surface area contributed by atoms with Gasteiger partial charge in [0.1, 0.15) is 0 Å². The molecule has 1 aliphatic carbocycles. The molecule has 1 aromatic rings. The molecule has 0 spiro atoms. The molecule has 1 aliphatic rings. The van der Waals surface area contributed by atoms with Gasteiger partial charge in [0.25, 0.3) is 0 Å². The summed E-state index contributed by atoms with van der Waals surface area (Å²) in [5.41, 5.74) is 0. The predicted octanol–water partition coefficient (Wildman–Crippen LogP) is 1.66. The van der Waals surface area contributed by atoms with Gasteiger partial charge in [0.2, 0.25) is 5.91 Å². The minimum absolute atomic E-state index is 0.0107. The Morgan fingerprint density at radius 2 is 2.29 bits per heavy atom. The van der Waals surface area contributed by atoms with Crippen LogP contribution >= 0.6 is 11.3 Å². The summed E-state index contributed by atoms with van der Waals surface area (Å²) in [6.07, 6.45) is 2.39. The minimum atomic E-state index is -0.750. The molecule has 1 fully saturated rings. The van der Waals surface area contributed by atoms with Crippen molar-refractivity contribution in [2.24, 2.45) is 5.92 Å². The fourth-order valence-corrected chi connectivity index (χ4v) is 2.89. The van der Waals surface area contributed by atoms with Crippen LogP contribution in [0.15, 0.2) is 17.5 Å². The molecular weight excluding hydrogens is 238 g/mol. The molecule has 1 heterocycles. The molecule has 2 N–H and O–H groups in total. The van der Waals surface area contributed by atoms with Gasteiger partial charge in [0, 0.05) is 10.9 Å². The van der Waals surface area contributed by atoms with E-state index in [9.17, 15) is 9.59 Å². The molecule has 17 heavy (non-hydrogen) atoms. The maximum Gasteiger partial charge on any atom is 0.306 e. The molecule has 1 amide bonds. The zero-order valence-corrected chi connectivity index (χ0v) is 10.2. The van der Waals surface area contributed by atoms with E-state index in [1.54, 1.807) is 11.3 Å². The standard InChI is InChI=1S/C12H15NO3S/c14-11(7-10-2-1-5-17-10)13-9-4-3-8(6-9)12(15)16/h1-2,5,8-9H,3-4,6-7H2,(H,13,14)(H,15,16)/t8-,9-/m0/s1. The van der Waals surface area contributed by atoms with E-state index in [2.05, 4.69) is 5.32 Å². The third-order valence-corrected chi connectivity index (χ3v) is 3.94. The van der Waals surface area contributed by atoms with Crippen molar-refractivity contribution in [1.29, 1.82) is 0 Å². The highest BCUT2D eigenvalue weighted by Crippen LogP contribution is 2.25. The summed E-state index contributed by atoms with van der Waals surface area (Å²) >= 11 is 1.56. The third kappa shape index (κ3) is 3.30. The fourth-order valence-electron chi connectivity index (χ4n) is 2.19. The SMILES string of the molecule is O=C(Cc1cccs1)N[C@H]1CC[C@H](C(=O)O)C1. The number of carboxylic acid groups (broad SMARTS) is 1. The van der Waals surface area contributed by atoms with Crippen LogP contribution in [0.5, 0.6) is 0 Å². The van der Waals surface area contributed by atoms with E-state index >= 15 is 0 Å². The summed E-state index contributed by atoms with van der Waals surface area (Å²) in [6, 6.07) is 3.88. The Balaban J connectivity index is 1.78. The second kappa shape index (κ2) is 5.31. The van der Waals surface area contributed by atoms with Crippen molar-refractivity contribution in [3.63, 3.8) is 0 Å². The van der Waals surface area contributed by atoms with E-state index in [0.29, 0.717) is 19.3 Å². The zero-order valence-electron chi connectivity index (χ0n) is 9.39. The van der Waals surface area contributed by atoms with Crippen LogP contribution in [0.25, 0.3) is 0 Å². The average Bonchev–Trinajstić information content (AvgIpc) is 2.88. The summed E-state index contributed by atoms with van der Waals surface area (Å²) in [4.78, 5) is 23.5. The normalized spacial score (nSPS) is 23.5. The number of nitrogens with one attached hydrogen (secondary N) is 1. The number of hydrogen-bond acceptors (Lipinski definition) is 3. The van der Waals surface area contributed by atoms with Crippen LogP contribution in [0.3, 0.4) is 0 Å². The van der Waals surface area contributed by atoms with E-state index in [1.807, 2.05) is 17.5 Å². The second-order valence-corrected chi connectivity index (χ2v) is 5.40. The Morgan fingerprint density at radius 3 is 2.88 bits per heavy atom. The first-order chi connectivity index (χ1) is 8.15. The first-order valence-electron chi connectivity index (χ1n) is 5.69. The lowest BCUT2D eigenvalue weighted by Gasteiger charge is -2.11. The fraction of sp³-hybridized carbons (Fsp3) is 0.500. The van der Waals surface area contributed by atoms with Crippen LogP contribution in [-0.4, -0.2) is 23.0 Å². The molecule has 2 atom stereocenters. The lowest BCUT2D eigenvalue weighted by Crippen LogP contribution is -2.34. The maximum atomic E-state index is 11.7. The molecule has 2 rings (SSSR count). The molecular formula is C12H15NO3S. The van der Waals surface area contributed by atoms with Crippen molar-refractivity contribution >= 4 is 23.2 Å². The Bertz CT molecular complexity index is 402. The van der Waals surface area contributed by atoms with Crippen molar-refractivity contribution in [3.8, 4) is 0 Å². The number of carbonyl (C=O) groups excluding carboxylic acids is 1. The Labute approximate surface area is 104 Å². The van der Waals surface area contributed by atoms with Crippen LogP contribution in [0.4, 0.5) is 0 Å². The quantitative estimate of drug-likeness (QED) is 0.857. The average molecular weight is 253 g/mol. The number of carbonyl (C=O) groups is 2. The molecule has 0 bridgehead atoms. The molecule has 1 aromatic heterocycles. The van der Waals surface area contributed by atoms with Gasteiger partial charge in [-0.2, -0.15) is 0 Å². The third-order valence-electron chi connectivity index (χ3n) is 3.06. The number of hydrogen-bond donors (Lipinski definition) is 2. The monoisotopic (exact) mass is 253 g/mol. The maximum absolute atomic E-state index is 11.7. The number of carboxylic acids is 1. The Kier molecular flexibility index (Phi) is 3.78. The van der Waals surface area contributed by atoms with Crippen molar-refractivity contribution in [1.82, 2.24) is 5.32 Å². The highest BCUT2D eigenvalue weighted by Gasteiger charge is 2.30. The Hall–Kier alpha value is -1.36. The van der Waals surface area contributed by atoms with Gasteiger partial charge in [-0.3, -0.25) is 9.59 Å². The summed E-state index contributed by atoms with van der Waals surface area (Å²) in [5, 5.41) is 13.7. The topological polar surface area (TPSA) is 66.4 Å². The van der Waals surface area contributed by atoms with E-state index in [-0.39, 0.29) is 17.9 Å². The van der Waals surface area contributed by atoms with Gasteiger partial charge in [-0.15, -0.1) is 11.3 Å². The summed E-state index contributed by atoms with van der Waals surface area (Å²) in [5.74, 6) is -1.05. The molecule has 1 saturated carbocycles. The molecule has 0 unspecified atom stereocenters. The number of rotatable bonds is 4. The van der Waals surface area contributed by atoms with Crippen LogP contribution in [0.2, 0.25) is 0 Å². The van der Waals surface area contributed by atoms with Crippen LogP contribution in [0.1, 0.15) is 24.1 Å². The molecule has 5 heteroatoms. The van der Waals surface area contributed by atoms with Crippen LogP contribution in [0, 0.1) is 5.92 Å².